The topological polar surface area (TPSA) is 218 Å². The molecule has 0 aliphatic heterocycles. The van der Waals surface area contributed by atoms with Gasteiger partial charge in [0.05, 0.1) is 17.1 Å². The highest BCUT2D eigenvalue weighted by atomic mass is 16.7. The molecule has 6 unspecified atom stereocenters. The summed E-state index contributed by atoms with van der Waals surface area (Å²) in [6.07, 6.45) is 4.93. The van der Waals surface area contributed by atoms with E-state index in [9.17, 15) is 14.4 Å². The quantitative estimate of drug-likeness (QED) is 0.0872. The number of carbonyl (C=O) groups is 3. The fourth-order valence-corrected chi connectivity index (χ4v) is 11.9. The predicted octanol–water partition coefficient (Wildman–Crippen LogP) is 8.46. The van der Waals surface area contributed by atoms with Gasteiger partial charge in [0, 0.05) is 37.8 Å². The molecule has 1 aromatic heterocycles. The van der Waals surface area contributed by atoms with Crippen molar-refractivity contribution < 1.29 is 28.9 Å². The number of nitrogens with zero attached hydrogens (tertiary/aromatic N) is 6. The second-order valence-corrected chi connectivity index (χ2v) is 23.5. The van der Waals surface area contributed by atoms with Crippen molar-refractivity contribution in [2.75, 3.05) is 0 Å². The SMILES string of the molecule is CC/C(C)=N/OC(=O)NC1CC(C)(C)CC(C)(Cn2c(=O)n(CC3(C)CC(NC(=O)O/N=C(\C)CC)CC(C)(C)C3)c(=O)n(CC3(C)CC(NC(=O)O/N=C(\C)CC)CC(C)(C)C3)c2=O)C1. The Morgan fingerprint density at radius 3 is 0.909 bits per heavy atom. The van der Waals surface area contributed by atoms with Crippen LogP contribution >= 0.6 is 0 Å². The molecule has 0 spiro atoms. The van der Waals surface area contributed by atoms with Crippen LogP contribution in [0.4, 0.5) is 14.4 Å². The normalized spacial score (nSPS) is 28.8. The Bertz CT molecular complexity index is 1950. The zero-order valence-corrected chi connectivity index (χ0v) is 42.7. The lowest BCUT2D eigenvalue weighted by atomic mass is 9.62. The molecule has 3 saturated carbocycles. The highest BCUT2D eigenvalue weighted by Crippen LogP contribution is 2.49. The maximum Gasteiger partial charge on any atom is 0.433 e. The number of oxime groups is 3. The molecule has 18 nitrogen and oxygen atoms in total. The first-order chi connectivity index (χ1) is 30.4. The summed E-state index contributed by atoms with van der Waals surface area (Å²) in [5.41, 5.74) is -3.08. The minimum absolute atomic E-state index is 0.0133. The van der Waals surface area contributed by atoms with E-state index in [0.717, 1.165) is 0 Å². The Labute approximate surface area is 391 Å². The van der Waals surface area contributed by atoms with Gasteiger partial charge in [-0.3, -0.25) is 14.5 Å². The maximum atomic E-state index is 15.0. The number of hydrogen-bond donors (Lipinski definition) is 3. The van der Waals surface area contributed by atoms with Crippen LogP contribution in [0.2, 0.25) is 0 Å². The molecule has 1 aromatic rings. The molecule has 3 aliphatic carbocycles. The van der Waals surface area contributed by atoms with Gasteiger partial charge < -0.3 is 16.0 Å². The van der Waals surface area contributed by atoms with E-state index < -0.39 is 51.6 Å². The van der Waals surface area contributed by atoms with E-state index in [1.54, 1.807) is 20.8 Å². The summed E-state index contributed by atoms with van der Waals surface area (Å²) in [5, 5.41) is 20.7. The average Bonchev–Trinajstić information content (AvgIpc) is 3.17. The largest absolute Gasteiger partial charge is 0.433 e. The zero-order chi connectivity index (χ0) is 49.6. The van der Waals surface area contributed by atoms with Crippen LogP contribution in [0.3, 0.4) is 0 Å². The third-order valence-corrected chi connectivity index (χ3v) is 13.7. The molecule has 18 heteroatoms. The second-order valence-electron chi connectivity index (χ2n) is 23.5. The van der Waals surface area contributed by atoms with Crippen LogP contribution in [0.25, 0.3) is 0 Å². The number of amides is 3. The molecule has 3 aliphatic rings. The Morgan fingerprint density at radius 2 is 0.697 bits per heavy atom. The van der Waals surface area contributed by atoms with Crippen LogP contribution in [0.15, 0.2) is 29.9 Å². The Morgan fingerprint density at radius 1 is 0.470 bits per heavy atom. The summed E-state index contributed by atoms with van der Waals surface area (Å²) >= 11 is 0. The van der Waals surface area contributed by atoms with Gasteiger partial charge in [0.2, 0.25) is 0 Å². The summed E-state index contributed by atoms with van der Waals surface area (Å²) in [6, 6.07) is -1.04. The molecule has 3 N–H and O–H groups in total. The Hall–Kier alpha value is -4.77. The minimum Gasteiger partial charge on any atom is -0.317 e. The number of hydrogen-bond acceptors (Lipinski definition) is 12. The van der Waals surface area contributed by atoms with Gasteiger partial charge >= 0.3 is 35.3 Å². The molecule has 0 saturated heterocycles. The van der Waals surface area contributed by atoms with Gasteiger partial charge in [0.1, 0.15) is 0 Å². The number of aromatic nitrogens is 3. The van der Waals surface area contributed by atoms with Crippen LogP contribution in [0, 0.1) is 32.5 Å². The first-order valence-corrected chi connectivity index (χ1v) is 23.9. The van der Waals surface area contributed by atoms with E-state index in [4.69, 9.17) is 14.5 Å². The van der Waals surface area contributed by atoms with Crippen molar-refractivity contribution in [2.45, 2.75) is 219 Å². The van der Waals surface area contributed by atoms with Crippen molar-refractivity contribution in [2.24, 2.45) is 48.0 Å². The Kier molecular flexibility index (Phi) is 17.2. The molecule has 6 atom stereocenters. The molecule has 4 rings (SSSR count). The fraction of sp³-hybridized carbons (Fsp3) is 0.812. The highest BCUT2D eigenvalue weighted by molar-refractivity contribution is 5.83. The highest BCUT2D eigenvalue weighted by Gasteiger charge is 2.47. The zero-order valence-electron chi connectivity index (χ0n) is 42.7. The van der Waals surface area contributed by atoms with E-state index in [1.807, 2.05) is 41.5 Å². The van der Waals surface area contributed by atoms with Crippen molar-refractivity contribution in [1.29, 1.82) is 0 Å². The summed E-state index contributed by atoms with van der Waals surface area (Å²) in [7, 11) is 0. The number of rotatable bonds is 15. The van der Waals surface area contributed by atoms with Crippen molar-refractivity contribution >= 4 is 35.4 Å². The van der Waals surface area contributed by atoms with Gasteiger partial charge in [-0.1, -0.05) is 98.6 Å². The van der Waals surface area contributed by atoms with Crippen LogP contribution in [-0.4, -0.2) is 67.2 Å². The minimum atomic E-state index is -0.712. The monoisotopic (exact) mass is 928 g/mol. The summed E-state index contributed by atoms with van der Waals surface area (Å²) in [6.45, 7) is 29.6. The molecule has 3 fully saturated rings. The number of nitrogens with one attached hydrogen (secondary N) is 3. The predicted molar refractivity (Wildman–Crippen MR) is 257 cm³/mol. The van der Waals surface area contributed by atoms with Gasteiger partial charge in [-0.05, 0) is 130 Å². The standard InChI is InChI=1S/C48H81N9O9/c1-16-31(4)52-64-37(58)49-34-19-43(7,8)25-46(13,22-34)28-55-40(61)56(29-47(14)23-35(20-44(9,10)26-47)50-38(59)65-53-32(5)17-2)42(63)57(41(55)62)30-48(15)24-36(21-45(11,12)27-48)51-39(60)66-54-33(6)18-3/h34-36H,16-30H2,1-15H3,(H,49,58)(H,50,59)(H,51,60)/b52-31+,53-32+,54-33+. The lowest BCUT2D eigenvalue weighted by Crippen LogP contribution is -2.60. The third kappa shape index (κ3) is 15.1. The first kappa shape index (κ1) is 53.8. The van der Waals surface area contributed by atoms with Crippen LogP contribution in [-0.2, 0) is 34.1 Å². The fourth-order valence-electron chi connectivity index (χ4n) is 11.9. The van der Waals surface area contributed by atoms with E-state index in [1.165, 1.54) is 13.7 Å². The van der Waals surface area contributed by atoms with Crippen molar-refractivity contribution in [3.8, 4) is 0 Å². The maximum absolute atomic E-state index is 15.0. The molecule has 3 amide bonds. The lowest BCUT2D eigenvalue weighted by Gasteiger charge is -2.47. The molecule has 0 radical (unpaired) electrons. The van der Waals surface area contributed by atoms with Gasteiger partial charge in [-0.25, -0.2) is 42.5 Å². The molecule has 0 bridgehead atoms. The van der Waals surface area contributed by atoms with Gasteiger partial charge in [-0.2, -0.15) is 0 Å². The molecule has 372 valence electrons. The van der Waals surface area contributed by atoms with E-state index in [-0.39, 0.29) is 54.0 Å². The third-order valence-electron chi connectivity index (χ3n) is 13.7. The van der Waals surface area contributed by atoms with Crippen molar-refractivity contribution in [3.05, 3.63) is 31.5 Å². The Balaban J connectivity index is 1.80. The van der Waals surface area contributed by atoms with E-state index in [2.05, 4.69) is 73.0 Å². The lowest BCUT2D eigenvalue weighted by molar-refractivity contribution is 0.0399. The smallest absolute Gasteiger partial charge is 0.317 e. The molecule has 66 heavy (non-hydrogen) atoms. The van der Waals surface area contributed by atoms with Gasteiger partial charge in [0.25, 0.3) is 0 Å². The molecular formula is C48H81N9O9. The molecular weight excluding hydrogens is 847 g/mol. The van der Waals surface area contributed by atoms with Gasteiger partial charge in [-0.15, -0.1) is 0 Å². The van der Waals surface area contributed by atoms with Crippen LogP contribution < -0.4 is 33.0 Å². The van der Waals surface area contributed by atoms with Crippen LogP contribution in [0.1, 0.15) is 181 Å². The van der Waals surface area contributed by atoms with E-state index >= 15 is 14.4 Å². The van der Waals surface area contributed by atoms with E-state index in [0.29, 0.717) is 94.2 Å². The summed E-state index contributed by atoms with van der Waals surface area (Å²) < 4.78 is 3.64. The molecule has 0 aromatic carbocycles. The van der Waals surface area contributed by atoms with Crippen LogP contribution in [0.5, 0.6) is 0 Å². The van der Waals surface area contributed by atoms with Gasteiger partial charge in [0.15, 0.2) is 0 Å². The average molecular weight is 928 g/mol. The summed E-state index contributed by atoms with van der Waals surface area (Å²) in [5.74, 6) is 0. The first-order valence-electron chi connectivity index (χ1n) is 23.9. The number of carbonyl (C=O) groups excluding carboxylic acids is 3. The van der Waals surface area contributed by atoms with Crippen molar-refractivity contribution in [3.63, 3.8) is 0 Å². The van der Waals surface area contributed by atoms with Crippen molar-refractivity contribution in [1.82, 2.24) is 29.7 Å². The second kappa shape index (κ2) is 21.0. The molecule has 1 heterocycles. The summed E-state index contributed by atoms with van der Waals surface area (Å²) in [4.78, 5) is 99.3.